The smallest absolute Gasteiger partial charge is 0.273 e. The number of ether oxygens (including phenoxy) is 2. The highest BCUT2D eigenvalue weighted by molar-refractivity contribution is 7.80. The number of hydrogen-bond acceptors (Lipinski definition) is 7. The predicted octanol–water partition coefficient (Wildman–Crippen LogP) is 5.44. The van der Waals surface area contributed by atoms with Crippen LogP contribution in [0.4, 0.5) is 11.4 Å². The molecule has 5 rings (SSSR count). The number of furan rings is 1. The predicted molar refractivity (Wildman–Crippen MR) is 138 cm³/mol. The molecule has 36 heavy (non-hydrogen) atoms. The number of pyridine rings is 1. The third-order valence-electron chi connectivity index (χ3n) is 6.01. The summed E-state index contributed by atoms with van der Waals surface area (Å²) in [4.78, 5) is 17.3. The number of anilines is 1. The molecule has 0 radical (unpaired) electrons. The largest absolute Gasteiger partial charge is 0.497 e. The van der Waals surface area contributed by atoms with E-state index in [0.717, 1.165) is 11.4 Å². The Kier molecular flexibility index (Phi) is 6.26. The first kappa shape index (κ1) is 23.3. The third-order valence-corrected chi connectivity index (χ3v) is 6.32. The Hall–Kier alpha value is -4.44. The van der Waals surface area contributed by atoms with E-state index in [1.165, 1.54) is 19.2 Å². The second-order valence-electron chi connectivity index (χ2n) is 8.04. The molecule has 0 saturated carbocycles. The number of nitrogens with one attached hydrogen (secondary N) is 1. The summed E-state index contributed by atoms with van der Waals surface area (Å²) in [5, 5.41) is 15.1. The van der Waals surface area contributed by atoms with Gasteiger partial charge in [-0.25, -0.2) is 0 Å². The van der Waals surface area contributed by atoms with Crippen LogP contribution in [0.25, 0.3) is 11.3 Å². The molecule has 0 bridgehead atoms. The minimum atomic E-state index is -0.464. The van der Waals surface area contributed by atoms with Crippen molar-refractivity contribution >= 4 is 28.7 Å². The number of hydrogen-bond donors (Lipinski definition) is 1. The van der Waals surface area contributed by atoms with Crippen molar-refractivity contribution in [2.45, 2.75) is 12.1 Å². The van der Waals surface area contributed by atoms with E-state index in [9.17, 15) is 10.1 Å². The highest BCUT2D eigenvalue weighted by Crippen LogP contribution is 2.44. The van der Waals surface area contributed by atoms with Crippen LogP contribution in [0.2, 0.25) is 0 Å². The molecule has 3 heterocycles. The van der Waals surface area contributed by atoms with Gasteiger partial charge in [-0.1, -0.05) is 12.1 Å². The van der Waals surface area contributed by atoms with Crippen molar-refractivity contribution in [3.63, 3.8) is 0 Å². The Morgan fingerprint density at radius 2 is 1.92 bits per heavy atom. The van der Waals surface area contributed by atoms with Crippen LogP contribution < -0.4 is 19.7 Å². The van der Waals surface area contributed by atoms with Crippen molar-refractivity contribution in [3.8, 4) is 22.8 Å². The number of rotatable bonds is 7. The van der Waals surface area contributed by atoms with Crippen molar-refractivity contribution in [2.75, 3.05) is 19.1 Å². The van der Waals surface area contributed by atoms with E-state index < -0.39 is 4.92 Å². The molecule has 10 heteroatoms. The number of aromatic nitrogens is 1. The monoisotopic (exact) mass is 502 g/mol. The van der Waals surface area contributed by atoms with Gasteiger partial charge in [0, 0.05) is 24.0 Å². The Morgan fingerprint density at radius 3 is 2.64 bits per heavy atom. The van der Waals surface area contributed by atoms with E-state index in [4.69, 9.17) is 26.1 Å². The van der Waals surface area contributed by atoms with E-state index in [1.807, 2.05) is 59.5 Å². The fourth-order valence-corrected chi connectivity index (χ4v) is 4.68. The Labute approximate surface area is 212 Å². The molecule has 182 valence electrons. The Balaban J connectivity index is 1.60. The van der Waals surface area contributed by atoms with Crippen LogP contribution in [0, 0.1) is 10.1 Å². The minimum Gasteiger partial charge on any atom is -0.497 e. The average Bonchev–Trinajstić information content (AvgIpc) is 3.53. The fraction of sp³-hybridized carbons (Fsp3) is 0.154. The van der Waals surface area contributed by atoms with Crippen LogP contribution in [-0.2, 0) is 0 Å². The number of nitro benzene ring substituents is 1. The second-order valence-corrected chi connectivity index (χ2v) is 8.43. The number of methoxy groups -OCH3 is 2. The van der Waals surface area contributed by atoms with Gasteiger partial charge >= 0.3 is 0 Å². The summed E-state index contributed by atoms with van der Waals surface area (Å²) in [6.07, 6.45) is 1.74. The summed E-state index contributed by atoms with van der Waals surface area (Å²) < 4.78 is 17.2. The lowest BCUT2D eigenvalue weighted by molar-refractivity contribution is -0.384. The molecule has 1 fully saturated rings. The SMILES string of the molecule is COc1cccc(N2C(=S)N[C@@H](c3ccccn3)[C@H]2c2ccc(-c3ccc([N+](=O)[O-])cc3OC)o2)c1. The zero-order valence-electron chi connectivity index (χ0n) is 19.5. The molecule has 1 aliphatic heterocycles. The molecule has 9 nitrogen and oxygen atoms in total. The molecule has 2 aromatic heterocycles. The van der Waals surface area contributed by atoms with Crippen molar-refractivity contribution in [2.24, 2.45) is 0 Å². The van der Waals surface area contributed by atoms with E-state index >= 15 is 0 Å². The van der Waals surface area contributed by atoms with Crippen molar-refractivity contribution in [3.05, 3.63) is 101 Å². The van der Waals surface area contributed by atoms with Gasteiger partial charge in [0.2, 0.25) is 0 Å². The lowest BCUT2D eigenvalue weighted by Gasteiger charge is -2.26. The van der Waals surface area contributed by atoms with Gasteiger partial charge in [-0.3, -0.25) is 15.1 Å². The summed E-state index contributed by atoms with van der Waals surface area (Å²) >= 11 is 5.76. The first-order valence-corrected chi connectivity index (χ1v) is 11.5. The van der Waals surface area contributed by atoms with Crippen LogP contribution >= 0.6 is 12.2 Å². The normalized spacial score (nSPS) is 17.1. The molecule has 0 spiro atoms. The number of nitro groups is 1. The van der Waals surface area contributed by atoms with E-state index in [2.05, 4.69) is 10.3 Å². The van der Waals surface area contributed by atoms with E-state index in [-0.39, 0.29) is 17.8 Å². The maximum Gasteiger partial charge on any atom is 0.273 e. The summed E-state index contributed by atoms with van der Waals surface area (Å²) in [6.45, 7) is 0. The standard InChI is InChI=1S/C26H22N4O5S/c1-33-18-7-5-6-16(14-18)29-25(24(28-26(29)36)20-8-3-4-13-27-20)22-12-11-21(35-22)19-10-9-17(30(31)32)15-23(19)34-2/h3-15,24-25H,1-2H3,(H,28,36)/t24-,25+/m0/s1. The van der Waals surface area contributed by atoms with Crippen LogP contribution in [0.15, 0.2) is 83.4 Å². The first-order valence-electron chi connectivity index (χ1n) is 11.1. The molecule has 4 aromatic rings. The molecule has 0 amide bonds. The fourth-order valence-electron chi connectivity index (χ4n) is 4.34. The second kappa shape index (κ2) is 9.67. The molecule has 1 saturated heterocycles. The lowest BCUT2D eigenvalue weighted by atomic mass is 10.0. The summed E-state index contributed by atoms with van der Waals surface area (Å²) in [6, 6.07) is 20.8. The Morgan fingerprint density at radius 1 is 1.06 bits per heavy atom. The van der Waals surface area contributed by atoms with E-state index in [1.54, 1.807) is 19.4 Å². The first-order chi connectivity index (χ1) is 17.5. The van der Waals surface area contributed by atoms with Gasteiger partial charge in [0.05, 0.1) is 42.5 Å². The zero-order chi connectivity index (χ0) is 25.2. The van der Waals surface area contributed by atoms with Gasteiger partial charge in [-0.15, -0.1) is 0 Å². The number of benzene rings is 2. The molecular formula is C26H22N4O5S. The lowest BCUT2D eigenvalue weighted by Crippen LogP contribution is -2.29. The van der Waals surface area contributed by atoms with Crippen LogP contribution in [0.1, 0.15) is 23.5 Å². The van der Waals surface area contributed by atoms with Crippen LogP contribution in [0.5, 0.6) is 11.5 Å². The molecule has 0 unspecified atom stereocenters. The molecule has 0 aliphatic carbocycles. The summed E-state index contributed by atoms with van der Waals surface area (Å²) in [5.41, 5.74) is 2.18. The number of non-ortho nitro benzene ring substituents is 1. The number of nitrogens with zero attached hydrogens (tertiary/aromatic N) is 3. The van der Waals surface area contributed by atoms with Crippen LogP contribution in [0.3, 0.4) is 0 Å². The van der Waals surface area contributed by atoms with Gasteiger partial charge in [-0.05, 0) is 54.7 Å². The van der Waals surface area contributed by atoms with Crippen LogP contribution in [-0.4, -0.2) is 29.2 Å². The molecule has 1 N–H and O–H groups in total. The maximum atomic E-state index is 11.2. The highest BCUT2D eigenvalue weighted by Gasteiger charge is 2.42. The Bertz CT molecular complexity index is 1420. The number of thiocarbonyl (C=S) groups is 1. The summed E-state index contributed by atoms with van der Waals surface area (Å²) in [7, 11) is 3.08. The van der Waals surface area contributed by atoms with Gasteiger partial charge in [-0.2, -0.15) is 0 Å². The summed E-state index contributed by atoms with van der Waals surface area (Å²) in [5.74, 6) is 2.19. The minimum absolute atomic E-state index is 0.0628. The van der Waals surface area contributed by atoms with Crippen molar-refractivity contribution in [1.82, 2.24) is 10.3 Å². The van der Waals surface area contributed by atoms with Crippen molar-refractivity contribution < 1.29 is 18.8 Å². The highest BCUT2D eigenvalue weighted by atomic mass is 32.1. The molecule has 2 aromatic carbocycles. The third kappa shape index (κ3) is 4.22. The quantitative estimate of drug-likeness (QED) is 0.201. The van der Waals surface area contributed by atoms with Crippen molar-refractivity contribution in [1.29, 1.82) is 0 Å². The maximum absolute atomic E-state index is 11.2. The molecule has 2 atom stereocenters. The molecular weight excluding hydrogens is 480 g/mol. The van der Waals surface area contributed by atoms with Gasteiger partial charge in [0.25, 0.3) is 5.69 Å². The van der Waals surface area contributed by atoms with Gasteiger partial charge in [0.15, 0.2) is 5.11 Å². The topological polar surface area (TPSA) is 103 Å². The van der Waals surface area contributed by atoms with Gasteiger partial charge < -0.3 is 24.1 Å². The molecule has 1 aliphatic rings. The van der Waals surface area contributed by atoms with Gasteiger partial charge in [0.1, 0.15) is 29.1 Å². The average molecular weight is 503 g/mol. The van der Waals surface area contributed by atoms with E-state index in [0.29, 0.717) is 33.7 Å². The zero-order valence-corrected chi connectivity index (χ0v) is 20.3.